The number of nitrogens with zero attached hydrogens (tertiary/aromatic N) is 4. The summed E-state index contributed by atoms with van der Waals surface area (Å²) in [7, 11) is 0. The predicted molar refractivity (Wildman–Crippen MR) is 83.4 cm³/mol. The minimum Gasteiger partial charge on any atom is -0.461 e. The van der Waals surface area contributed by atoms with E-state index in [1.165, 1.54) is 0 Å². The van der Waals surface area contributed by atoms with E-state index in [1.54, 1.807) is 18.7 Å². The molecule has 0 fully saturated rings. The summed E-state index contributed by atoms with van der Waals surface area (Å²) in [5.74, 6) is 3.23. The predicted octanol–water partition coefficient (Wildman–Crippen LogP) is 3.74. The van der Waals surface area contributed by atoms with E-state index in [0.717, 1.165) is 17.3 Å². The highest BCUT2D eigenvalue weighted by Crippen LogP contribution is 2.30. The van der Waals surface area contributed by atoms with Gasteiger partial charge in [0.15, 0.2) is 5.76 Å². The van der Waals surface area contributed by atoms with E-state index >= 15 is 0 Å². The van der Waals surface area contributed by atoms with Crippen LogP contribution in [0, 0.1) is 0 Å². The van der Waals surface area contributed by atoms with Crippen molar-refractivity contribution >= 4 is 11.8 Å². The minimum atomic E-state index is 0.249. The van der Waals surface area contributed by atoms with E-state index in [4.69, 9.17) is 4.42 Å². The van der Waals surface area contributed by atoms with E-state index in [-0.39, 0.29) is 5.25 Å². The van der Waals surface area contributed by atoms with Gasteiger partial charge in [-0.3, -0.25) is 4.98 Å². The van der Waals surface area contributed by atoms with E-state index in [1.807, 2.05) is 40.7 Å². The molecule has 3 rings (SSSR count). The third-order valence-electron chi connectivity index (χ3n) is 3.06. The average Bonchev–Trinajstić information content (AvgIpc) is 3.17. The summed E-state index contributed by atoms with van der Waals surface area (Å²) in [5.41, 5.74) is 0.953. The summed E-state index contributed by atoms with van der Waals surface area (Å²) in [6, 6.07) is 7.56. The van der Waals surface area contributed by atoms with Crippen molar-refractivity contribution in [3.8, 4) is 17.3 Å². The highest BCUT2D eigenvalue weighted by Gasteiger charge is 2.19. The molecule has 108 valence electrons. The fourth-order valence-corrected chi connectivity index (χ4v) is 2.90. The van der Waals surface area contributed by atoms with Gasteiger partial charge in [-0.25, -0.2) is 9.67 Å². The summed E-state index contributed by atoms with van der Waals surface area (Å²) in [4.78, 5) is 8.72. The van der Waals surface area contributed by atoms with Crippen LogP contribution < -0.4 is 0 Å². The van der Waals surface area contributed by atoms with Crippen LogP contribution in [0.15, 0.2) is 47.3 Å². The molecule has 0 aromatic carbocycles. The van der Waals surface area contributed by atoms with Crippen LogP contribution in [0.1, 0.15) is 24.9 Å². The summed E-state index contributed by atoms with van der Waals surface area (Å²) in [6.45, 7) is 4.28. The molecular weight excluding hydrogens is 284 g/mol. The first-order valence-electron chi connectivity index (χ1n) is 6.82. The van der Waals surface area contributed by atoms with Gasteiger partial charge in [0.25, 0.3) is 0 Å². The Labute approximate surface area is 127 Å². The number of thioether (sulfide) groups is 1. The van der Waals surface area contributed by atoms with Gasteiger partial charge in [-0.15, -0.1) is 5.10 Å². The zero-order chi connectivity index (χ0) is 14.7. The van der Waals surface area contributed by atoms with Gasteiger partial charge in [-0.2, -0.15) is 11.8 Å². The van der Waals surface area contributed by atoms with Crippen LogP contribution in [0.2, 0.25) is 0 Å². The fourth-order valence-electron chi connectivity index (χ4n) is 2.10. The zero-order valence-electron chi connectivity index (χ0n) is 11.9. The molecule has 0 aliphatic rings. The molecule has 0 aliphatic carbocycles. The molecule has 0 saturated carbocycles. The highest BCUT2D eigenvalue weighted by molar-refractivity contribution is 7.99. The van der Waals surface area contributed by atoms with Crippen molar-refractivity contribution in [3.05, 3.63) is 48.7 Å². The molecule has 1 atom stereocenters. The summed E-state index contributed by atoms with van der Waals surface area (Å²) >= 11 is 1.83. The smallest absolute Gasteiger partial charge is 0.217 e. The third-order valence-corrected chi connectivity index (χ3v) is 4.11. The maximum Gasteiger partial charge on any atom is 0.217 e. The van der Waals surface area contributed by atoms with Crippen molar-refractivity contribution in [2.45, 2.75) is 19.1 Å². The summed E-state index contributed by atoms with van der Waals surface area (Å²) in [5, 5.41) is 4.85. The Balaban J connectivity index is 2.08. The number of hydrogen-bond acceptors (Lipinski definition) is 5. The lowest BCUT2D eigenvalue weighted by Gasteiger charge is -2.10. The first kappa shape index (κ1) is 13.9. The van der Waals surface area contributed by atoms with Crippen LogP contribution in [0.25, 0.3) is 17.3 Å². The van der Waals surface area contributed by atoms with Crippen LogP contribution in [-0.2, 0) is 0 Å². The summed E-state index contributed by atoms with van der Waals surface area (Å²) in [6.07, 6.45) is 5.14. The van der Waals surface area contributed by atoms with E-state index in [0.29, 0.717) is 11.6 Å². The van der Waals surface area contributed by atoms with Crippen LogP contribution in [0.4, 0.5) is 0 Å². The first-order valence-corrected chi connectivity index (χ1v) is 7.87. The second-order valence-electron chi connectivity index (χ2n) is 4.49. The SMILES string of the molecule is CCSC(C)c1nc(-c2ccco2)nn1-c1ccncc1. The van der Waals surface area contributed by atoms with Crippen molar-refractivity contribution in [2.75, 3.05) is 5.75 Å². The second-order valence-corrected chi connectivity index (χ2v) is 6.10. The molecule has 3 aromatic heterocycles. The molecule has 0 spiro atoms. The number of furan rings is 1. The molecule has 0 aliphatic heterocycles. The number of rotatable bonds is 5. The molecule has 6 heteroatoms. The standard InChI is InChI=1S/C15H16N4OS/c1-3-21-11(2)15-17-14(13-5-4-10-20-13)18-19(15)12-6-8-16-9-7-12/h4-11H,3H2,1-2H3. The Morgan fingerprint density at radius 2 is 2.10 bits per heavy atom. The van der Waals surface area contributed by atoms with Crippen LogP contribution in [-0.4, -0.2) is 25.5 Å². The van der Waals surface area contributed by atoms with E-state index in [9.17, 15) is 0 Å². The Morgan fingerprint density at radius 1 is 1.29 bits per heavy atom. The maximum absolute atomic E-state index is 5.41. The largest absolute Gasteiger partial charge is 0.461 e. The van der Waals surface area contributed by atoms with Gasteiger partial charge >= 0.3 is 0 Å². The Bertz CT molecular complexity index is 694. The van der Waals surface area contributed by atoms with Gasteiger partial charge in [0.2, 0.25) is 5.82 Å². The molecule has 0 amide bonds. The van der Waals surface area contributed by atoms with Crippen molar-refractivity contribution in [3.63, 3.8) is 0 Å². The quantitative estimate of drug-likeness (QED) is 0.718. The van der Waals surface area contributed by atoms with Crippen LogP contribution in [0.3, 0.4) is 0 Å². The van der Waals surface area contributed by atoms with Crippen LogP contribution >= 0.6 is 11.8 Å². The molecule has 3 aromatic rings. The van der Waals surface area contributed by atoms with Gasteiger partial charge in [0.05, 0.1) is 17.2 Å². The zero-order valence-corrected chi connectivity index (χ0v) is 12.7. The lowest BCUT2D eigenvalue weighted by atomic mass is 10.4. The number of pyridine rings is 1. The molecule has 21 heavy (non-hydrogen) atoms. The molecular formula is C15H16N4OS. The lowest BCUT2D eigenvalue weighted by Crippen LogP contribution is -2.05. The third kappa shape index (κ3) is 2.85. The van der Waals surface area contributed by atoms with Crippen LogP contribution in [0.5, 0.6) is 0 Å². The topological polar surface area (TPSA) is 56.7 Å². The lowest BCUT2D eigenvalue weighted by molar-refractivity contribution is 0.577. The fraction of sp³-hybridized carbons (Fsp3) is 0.267. The normalized spacial score (nSPS) is 12.5. The van der Waals surface area contributed by atoms with Gasteiger partial charge in [-0.05, 0) is 36.9 Å². The molecule has 3 heterocycles. The average molecular weight is 300 g/mol. The minimum absolute atomic E-state index is 0.249. The molecule has 0 radical (unpaired) electrons. The van der Waals surface area contributed by atoms with Crippen molar-refractivity contribution < 1.29 is 4.42 Å². The van der Waals surface area contributed by atoms with E-state index in [2.05, 4.69) is 28.9 Å². The Kier molecular flexibility index (Phi) is 4.06. The Morgan fingerprint density at radius 3 is 2.76 bits per heavy atom. The van der Waals surface area contributed by atoms with Gasteiger partial charge in [0.1, 0.15) is 5.82 Å². The van der Waals surface area contributed by atoms with Crippen molar-refractivity contribution in [1.82, 2.24) is 19.7 Å². The molecule has 0 N–H and O–H groups in total. The molecule has 0 bridgehead atoms. The molecule has 0 saturated heterocycles. The second kappa shape index (κ2) is 6.13. The monoisotopic (exact) mass is 300 g/mol. The first-order chi connectivity index (χ1) is 10.3. The Hall–Kier alpha value is -2.08. The van der Waals surface area contributed by atoms with Crippen molar-refractivity contribution in [1.29, 1.82) is 0 Å². The van der Waals surface area contributed by atoms with Gasteiger partial charge < -0.3 is 4.42 Å². The molecule has 1 unspecified atom stereocenters. The molecule has 5 nitrogen and oxygen atoms in total. The maximum atomic E-state index is 5.41. The van der Waals surface area contributed by atoms with E-state index < -0.39 is 0 Å². The summed E-state index contributed by atoms with van der Waals surface area (Å²) < 4.78 is 7.27. The number of hydrogen-bond donors (Lipinski definition) is 0. The van der Waals surface area contributed by atoms with Gasteiger partial charge in [0, 0.05) is 12.4 Å². The number of aromatic nitrogens is 4. The highest BCUT2D eigenvalue weighted by atomic mass is 32.2. The van der Waals surface area contributed by atoms with Crippen molar-refractivity contribution in [2.24, 2.45) is 0 Å². The van der Waals surface area contributed by atoms with Gasteiger partial charge in [-0.1, -0.05) is 6.92 Å².